The number of imidazole rings is 1. The molecule has 0 aliphatic heterocycles. The molecule has 0 aliphatic rings. The molecule has 0 radical (unpaired) electrons. The number of benzene rings is 1. The van der Waals surface area contributed by atoms with Gasteiger partial charge in [-0.1, -0.05) is 19.8 Å². The van der Waals surface area contributed by atoms with Gasteiger partial charge in [-0.3, -0.25) is 0 Å². The lowest BCUT2D eigenvalue weighted by Crippen LogP contribution is -2.23. The normalized spacial score (nSPS) is 11.3. The van der Waals surface area contributed by atoms with Crippen LogP contribution in [0.2, 0.25) is 0 Å². The van der Waals surface area contributed by atoms with Gasteiger partial charge in [0, 0.05) is 0 Å². The van der Waals surface area contributed by atoms with E-state index in [1.165, 1.54) is 32.2 Å². The van der Waals surface area contributed by atoms with Crippen molar-refractivity contribution in [2.45, 2.75) is 44.0 Å². The van der Waals surface area contributed by atoms with Gasteiger partial charge in [-0.25, -0.2) is 39.5 Å². The van der Waals surface area contributed by atoms with Crippen LogP contribution < -0.4 is 4.57 Å². The molecule has 0 spiro atoms. The number of aryl methyl sites for hydroxylation is 2. The second kappa shape index (κ2) is 9.79. The third kappa shape index (κ3) is 6.28. The molecule has 11 heteroatoms. The fourth-order valence-corrected chi connectivity index (χ4v) is 2.78. The average Bonchev–Trinajstić information content (AvgIpc) is 3.00. The topological polar surface area (TPSA) is 66.0 Å². The van der Waals surface area contributed by atoms with Gasteiger partial charge >= 0.3 is 0 Å². The van der Waals surface area contributed by atoms with E-state index in [-0.39, 0.29) is 0 Å². The molecule has 2 aromatic rings. The van der Waals surface area contributed by atoms with Gasteiger partial charge in [-0.15, -0.1) is 0 Å². The van der Waals surface area contributed by atoms with Crippen LogP contribution in [0.3, 0.4) is 0 Å². The number of aromatic nitrogens is 2. The third-order valence-corrected chi connectivity index (χ3v) is 4.37. The third-order valence-electron chi connectivity index (χ3n) is 3.51. The van der Waals surface area contributed by atoms with Gasteiger partial charge in [0.05, 0.1) is 13.6 Å². The first-order valence-corrected chi connectivity index (χ1v) is 9.39. The van der Waals surface area contributed by atoms with Crippen LogP contribution in [0.1, 0.15) is 32.6 Å². The molecule has 0 amide bonds. The summed E-state index contributed by atoms with van der Waals surface area (Å²) in [6.07, 6.45) is 11.7. The molecule has 0 unspecified atom stereocenters. The van der Waals surface area contributed by atoms with E-state index in [2.05, 4.69) is 41.8 Å². The highest BCUT2D eigenvalue weighted by molar-refractivity contribution is 7.85. The quantitative estimate of drug-likeness (QED) is 0.182. The van der Waals surface area contributed by atoms with Crippen molar-refractivity contribution in [2.24, 2.45) is 7.05 Å². The Kier molecular flexibility index (Phi) is 8.35. The number of rotatable bonds is 6. The van der Waals surface area contributed by atoms with Crippen molar-refractivity contribution in [1.82, 2.24) is 4.57 Å². The first-order chi connectivity index (χ1) is 12.5. The largest absolute Gasteiger partial charge is 0.744 e. The highest BCUT2D eigenvalue weighted by Crippen LogP contribution is 2.26. The molecular weight excluding hydrogens is 395 g/mol. The summed E-state index contributed by atoms with van der Waals surface area (Å²) in [7, 11) is -3.71. The Morgan fingerprint density at radius 2 is 1.48 bits per heavy atom. The van der Waals surface area contributed by atoms with E-state index < -0.39 is 44.1 Å². The number of nitrogens with zero attached hydrogens (tertiary/aromatic N) is 2. The number of unbranched alkanes of at least 4 members (excludes halogenated alkanes) is 3. The number of hydrogen-bond donors (Lipinski definition) is 0. The van der Waals surface area contributed by atoms with E-state index in [1.54, 1.807) is 0 Å². The standard InChI is InChI=1S/C10H19N2.C6HF5O3S/c1-3-4-5-6-7-12-9-8-11(2)10-12;7-1-2(8)4(10)6(15(12,13)14)5(11)3(1)9/h8-10H,3-7H2,1-2H3;(H,12,13,14)/q+1;/p-1. The van der Waals surface area contributed by atoms with E-state index in [0.717, 1.165) is 0 Å². The SMILES string of the molecule is CCCCCCn1cc[n+](C)c1.O=S(=O)([O-])c1c(F)c(F)c(F)c(F)c1F. The predicted octanol–water partition coefficient (Wildman–Crippen LogP) is 3.18. The summed E-state index contributed by atoms with van der Waals surface area (Å²) in [6.45, 7) is 3.41. The summed E-state index contributed by atoms with van der Waals surface area (Å²) in [6, 6.07) is 0. The van der Waals surface area contributed by atoms with Crippen LogP contribution in [0.25, 0.3) is 0 Å². The Labute approximate surface area is 153 Å². The highest BCUT2D eigenvalue weighted by Gasteiger charge is 2.28. The summed E-state index contributed by atoms with van der Waals surface area (Å²) in [5.41, 5.74) is 0. The van der Waals surface area contributed by atoms with Crippen molar-refractivity contribution in [3.8, 4) is 0 Å². The average molecular weight is 414 g/mol. The summed E-state index contributed by atoms with van der Waals surface area (Å²) in [4.78, 5) is -2.38. The van der Waals surface area contributed by atoms with Crippen molar-refractivity contribution in [2.75, 3.05) is 0 Å². The van der Waals surface area contributed by atoms with Crippen LogP contribution in [-0.4, -0.2) is 17.5 Å². The van der Waals surface area contributed by atoms with Crippen LogP contribution in [0.4, 0.5) is 22.0 Å². The molecule has 1 aromatic carbocycles. The van der Waals surface area contributed by atoms with Crippen molar-refractivity contribution >= 4 is 10.1 Å². The van der Waals surface area contributed by atoms with Gasteiger partial charge in [-0.05, 0) is 12.8 Å². The molecule has 2 rings (SSSR count). The maximum atomic E-state index is 12.6. The lowest BCUT2D eigenvalue weighted by molar-refractivity contribution is -0.671. The minimum absolute atomic E-state index is 1.17. The fraction of sp³-hybridized carbons (Fsp3) is 0.438. The Bertz CT molecular complexity index is 855. The number of halogens is 5. The van der Waals surface area contributed by atoms with Crippen molar-refractivity contribution < 1.29 is 39.5 Å². The van der Waals surface area contributed by atoms with Crippen LogP contribution >= 0.6 is 0 Å². The van der Waals surface area contributed by atoms with Gasteiger partial charge in [-0.2, -0.15) is 0 Å². The lowest BCUT2D eigenvalue weighted by atomic mass is 10.2. The van der Waals surface area contributed by atoms with Crippen LogP contribution in [0.5, 0.6) is 0 Å². The fourth-order valence-electron chi connectivity index (χ4n) is 2.16. The maximum absolute atomic E-state index is 12.6. The Balaban J connectivity index is 0.000000277. The van der Waals surface area contributed by atoms with Crippen LogP contribution in [0.15, 0.2) is 23.6 Å². The summed E-state index contributed by atoms with van der Waals surface area (Å²) >= 11 is 0. The van der Waals surface area contributed by atoms with Crippen LogP contribution in [-0.2, 0) is 23.7 Å². The monoisotopic (exact) mass is 414 g/mol. The summed E-state index contributed by atoms with van der Waals surface area (Å²) in [5, 5.41) is 0. The molecule has 0 bridgehead atoms. The summed E-state index contributed by atoms with van der Waals surface area (Å²) in [5.74, 6) is -12.8. The minimum Gasteiger partial charge on any atom is -0.744 e. The molecule has 27 heavy (non-hydrogen) atoms. The van der Waals surface area contributed by atoms with Crippen molar-refractivity contribution in [1.29, 1.82) is 0 Å². The Morgan fingerprint density at radius 1 is 0.963 bits per heavy atom. The zero-order valence-corrected chi connectivity index (χ0v) is 15.5. The first kappa shape index (κ1) is 23.0. The van der Waals surface area contributed by atoms with E-state index in [4.69, 9.17) is 0 Å². The van der Waals surface area contributed by atoms with Gasteiger partial charge in [0.1, 0.15) is 27.4 Å². The van der Waals surface area contributed by atoms with Gasteiger partial charge in [0.2, 0.25) is 12.1 Å². The highest BCUT2D eigenvalue weighted by atomic mass is 32.2. The van der Waals surface area contributed by atoms with Gasteiger partial charge < -0.3 is 4.55 Å². The minimum atomic E-state index is -5.77. The maximum Gasteiger partial charge on any atom is 0.243 e. The smallest absolute Gasteiger partial charge is 0.243 e. The van der Waals surface area contributed by atoms with Crippen LogP contribution in [0, 0.1) is 29.1 Å². The molecule has 0 fully saturated rings. The van der Waals surface area contributed by atoms with E-state index in [0.29, 0.717) is 0 Å². The molecule has 1 aromatic heterocycles. The zero-order valence-electron chi connectivity index (χ0n) is 14.7. The second-order valence-corrected chi connectivity index (χ2v) is 7.05. The molecule has 0 saturated carbocycles. The molecule has 0 atom stereocenters. The summed E-state index contributed by atoms with van der Waals surface area (Å²) < 4.78 is 97.2. The van der Waals surface area contributed by atoms with Crippen molar-refractivity contribution in [3.63, 3.8) is 0 Å². The van der Waals surface area contributed by atoms with Crippen molar-refractivity contribution in [3.05, 3.63) is 47.8 Å². The molecule has 1 heterocycles. The molecule has 5 nitrogen and oxygen atoms in total. The molecule has 152 valence electrons. The first-order valence-electron chi connectivity index (χ1n) is 7.99. The van der Waals surface area contributed by atoms with Gasteiger partial charge in [0.15, 0.2) is 23.3 Å². The van der Waals surface area contributed by atoms with E-state index >= 15 is 0 Å². The number of hydrogen-bond acceptors (Lipinski definition) is 3. The zero-order chi connectivity index (χ0) is 20.8. The molecule has 0 N–H and O–H groups in total. The van der Waals surface area contributed by atoms with E-state index in [1.807, 2.05) is 0 Å². The molecular formula is C16H19F5N2O3S. The lowest BCUT2D eigenvalue weighted by Gasteiger charge is -2.10. The van der Waals surface area contributed by atoms with Gasteiger partial charge in [0.25, 0.3) is 0 Å². The molecule has 0 aliphatic carbocycles. The Hall–Kier alpha value is -2.01. The second-order valence-electron chi connectivity index (χ2n) is 5.73. The predicted molar refractivity (Wildman–Crippen MR) is 83.9 cm³/mol. The molecule has 0 saturated heterocycles. The van der Waals surface area contributed by atoms with E-state index in [9.17, 15) is 34.9 Å². The Morgan fingerprint density at radius 3 is 1.89 bits per heavy atom.